The summed E-state index contributed by atoms with van der Waals surface area (Å²) >= 11 is 0. The highest BCUT2D eigenvalue weighted by Crippen LogP contribution is 2.21. The molecular formula is C18H21FN2O3S. The Kier molecular flexibility index (Phi) is 5.48. The standard InChI is InChI=1S/C18H21FN2O3S/c19-15-6-4-5-14(11-15)9-10-20-17-12-21(13-18(17)22)25(23,24)16-7-2-1-3-8-16/h1-8,11,17-18,20,22H,9-10,12-13H2/t17-,18-/m0/s1. The molecule has 2 aromatic rings. The number of aliphatic hydroxyl groups is 1. The third kappa shape index (κ3) is 4.24. The van der Waals surface area contributed by atoms with Gasteiger partial charge in [0, 0.05) is 19.1 Å². The van der Waals surface area contributed by atoms with Crippen LogP contribution in [0.5, 0.6) is 0 Å². The maximum atomic E-state index is 13.2. The minimum absolute atomic E-state index is 0.0643. The Morgan fingerprint density at radius 3 is 2.60 bits per heavy atom. The summed E-state index contributed by atoms with van der Waals surface area (Å²) in [5.41, 5.74) is 0.855. The summed E-state index contributed by atoms with van der Waals surface area (Å²) in [6.45, 7) is 0.806. The van der Waals surface area contributed by atoms with Crippen molar-refractivity contribution in [3.05, 3.63) is 66.0 Å². The first kappa shape index (κ1) is 18.0. The third-order valence-electron chi connectivity index (χ3n) is 4.35. The molecule has 0 amide bonds. The van der Waals surface area contributed by atoms with Gasteiger partial charge >= 0.3 is 0 Å². The van der Waals surface area contributed by atoms with Crippen LogP contribution in [0.3, 0.4) is 0 Å². The van der Waals surface area contributed by atoms with E-state index < -0.39 is 16.1 Å². The number of nitrogens with one attached hydrogen (secondary N) is 1. The van der Waals surface area contributed by atoms with Crippen LogP contribution in [-0.2, 0) is 16.4 Å². The van der Waals surface area contributed by atoms with E-state index in [0.29, 0.717) is 13.0 Å². The topological polar surface area (TPSA) is 69.6 Å². The van der Waals surface area contributed by atoms with Crippen LogP contribution in [0.25, 0.3) is 0 Å². The minimum atomic E-state index is -3.60. The number of sulfonamides is 1. The second-order valence-electron chi connectivity index (χ2n) is 6.14. The van der Waals surface area contributed by atoms with Crippen LogP contribution in [0.2, 0.25) is 0 Å². The molecule has 1 aliphatic heterocycles. The summed E-state index contributed by atoms with van der Waals surface area (Å²) < 4.78 is 39.7. The zero-order valence-corrected chi connectivity index (χ0v) is 14.5. The Morgan fingerprint density at radius 1 is 1.12 bits per heavy atom. The van der Waals surface area contributed by atoms with E-state index >= 15 is 0 Å². The Bertz CT molecular complexity index is 814. The van der Waals surface area contributed by atoms with Crippen LogP contribution in [-0.4, -0.2) is 49.6 Å². The maximum Gasteiger partial charge on any atom is 0.243 e. The molecular weight excluding hydrogens is 343 g/mol. The van der Waals surface area contributed by atoms with Gasteiger partial charge in [0.25, 0.3) is 0 Å². The van der Waals surface area contributed by atoms with E-state index in [2.05, 4.69) is 5.32 Å². The van der Waals surface area contributed by atoms with Crippen LogP contribution in [0, 0.1) is 5.82 Å². The van der Waals surface area contributed by atoms with Crippen molar-refractivity contribution in [1.29, 1.82) is 0 Å². The molecule has 0 spiro atoms. The fourth-order valence-electron chi connectivity index (χ4n) is 2.98. The van der Waals surface area contributed by atoms with E-state index in [1.807, 2.05) is 6.07 Å². The van der Waals surface area contributed by atoms with E-state index in [1.54, 1.807) is 36.4 Å². The van der Waals surface area contributed by atoms with Crippen LogP contribution in [0.4, 0.5) is 4.39 Å². The van der Waals surface area contributed by atoms with Crippen molar-refractivity contribution in [2.45, 2.75) is 23.5 Å². The predicted molar refractivity (Wildman–Crippen MR) is 93.1 cm³/mol. The second-order valence-corrected chi connectivity index (χ2v) is 8.08. The van der Waals surface area contributed by atoms with E-state index in [0.717, 1.165) is 5.56 Å². The molecule has 1 saturated heterocycles. The van der Waals surface area contributed by atoms with Crippen molar-refractivity contribution in [1.82, 2.24) is 9.62 Å². The van der Waals surface area contributed by atoms with E-state index in [1.165, 1.54) is 16.4 Å². The van der Waals surface area contributed by atoms with Crippen LogP contribution < -0.4 is 5.32 Å². The number of hydrogen-bond donors (Lipinski definition) is 2. The Hall–Kier alpha value is -1.80. The molecule has 0 aromatic heterocycles. The summed E-state index contributed by atoms with van der Waals surface area (Å²) in [5.74, 6) is -0.279. The van der Waals surface area contributed by atoms with Gasteiger partial charge in [-0.1, -0.05) is 30.3 Å². The summed E-state index contributed by atoms with van der Waals surface area (Å²) in [4.78, 5) is 0.225. The summed E-state index contributed by atoms with van der Waals surface area (Å²) in [6.07, 6.45) is -0.169. The Morgan fingerprint density at radius 2 is 1.88 bits per heavy atom. The van der Waals surface area contributed by atoms with Crippen molar-refractivity contribution < 1.29 is 17.9 Å². The lowest BCUT2D eigenvalue weighted by Crippen LogP contribution is -2.40. The molecule has 3 rings (SSSR count). The summed E-state index contributed by atoms with van der Waals surface area (Å²) in [7, 11) is -3.60. The number of β-amino-alcohol motifs (C(OH)–C–C–N with tert-alkyl or cyclic N) is 1. The van der Waals surface area contributed by atoms with Crippen molar-refractivity contribution in [2.75, 3.05) is 19.6 Å². The highest BCUT2D eigenvalue weighted by Gasteiger charge is 2.38. The largest absolute Gasteiger partial charge is 0.390 e. The lowest BCUT2D eigenvalue weighted by atomic mass is 10.1. The molecule has 0 unspecified atom stereocenters. The molecule has 1 aliphatic rings. The molecule has 0 aliphatic carbocycles. The van der Waals surface area contributed by atoms with Gasteiger partial charge in [-0.2, -0.15) is 4.31 Å². The maximum absolute atomic E-state index is 13.2. The second kappa shape index (κ2) is 7.61. The number of halogens is 1. The van der Waals surface area contributed by atoms with E-state index in [4.69, 9.17) is 0 Å². The molecule has 5 nitrogen and oxygen atoms in total. The minimum Gasteiger partial charge on any atom is -0.390 e. The quantitative estimate of drug-likeness (QED) is 0.813. The molecule has 0 bridgehead atoms. The van der Waals surface area contributed by atoms with E-state index in [-0.39, 0.29) is 29.8 Å². The van der Waals surface area contributed by atoms with Crippen LogP contribution in [0.1, 0.15) is 5.56 Å². The first-order chi connectivity index (χ1) is 12.0. The van der Waals surface area contributed by atoms with Crippen molar-refractivity contribution in [3.63, 3.8) is 0 Å². The molecule has 2 N–H and O–H groups in total. The SMILES string of the molecule is O=S(=O)(c1ccccc1)N1C[C@H](NCCc2cccc(F)c2)[C@@H](O)C1. The predicted octanol–water partition coefficient (Wildman–Crippen LogP) is 1.39. The molecule has 1 heterocycles. The normalized spacial score (nSPS) is 21.5. The number of benzene rings is 2. The van der Waals surface area contributed by atoms with Crippen molar-refractivity contribution in [2.24, 2.45) is 0 Å². The third-order valence-corrected chi connectivity index (χ3v) is 6.19. The fraction of sp³-hybridized carbons (Fsp3) is 0.333. The monoisotopic (exact) mass is 364 g/mol. The molecule has 134 valence electrons. The average molecular weight is 364 g/mol. The van der Waals surface area contributed by atoms with Gasteiger partial charge in [0.1, 0.15) is 5.82 Å². The zero-order valence-electron chi connectivity index (χ0n) is 13.7. The van der Waals surface area contributed by atoms with Crippen LogP contribution in [0.15, 0.2) is 59.5 Å². The first-order valence-electron chi connectivity index (χ1n) is 8.18. The lowest BCUT2D eigenvalue weighted by Gasteiger charge is -2.17. The smallest absolute Gasteiger partial charge is 0.243 e. The number of nitrogens with zero attached hydrogens (tertiary/aromatic N) is 1. The van der Waals surface area contributed by atoms with Gasteiger partial charge in [0.2, 0.25) is 10.0 Å². The lowest BCUT2D eigenvalue weighted by molar-refractivity contribution is 0.160. The average Bonchev–Trinajstić information content (AvgIpc) is 2.98. The van der Waals surface area contributed by atoms with Gasteiger partial charge in [-0.3, -0.25) is 0 Å². The molecule has 7 heteroatoms. The molecule has 0 saturated carbocycles. The first-order valence-corrected chi connectivity index (χ1v) is 9.62. The molecule has 0 radical (unpaired) electrons. The van der Waals surface area contributed by atoms with Gasteiger partial charge in [-0.15, -0.1) is 0 Å². The van der Waals surface area contributed by atoms with Gasteiger partial charge in [0.15, 0.2) is 0 Å². The molecule has 2 aromatic carbocycles. The van der Waals surface area contributed by atoms with Crippen LogP contribution >= 0.6 is 0 Å². The highest BCUT2D eigenvalue weighted by atomic mass is 32.2. The van der Waals surface area contributed by atoms with Gasteiger partial charge in [0.05, 0.1) is 11.0 Å². The Labute approximate surface area is 147 Å². The van der Waals surface area contributed by atoms with Gasteiger partial charge < -0.3 is 10.4 Å². The van der Waals surface area contributed by atoms with E-state index in [9.17, 15) is 17.9 Å². The molecule has 25 heavy (non-hydrogen) atoms. The van der Waals surface area contributed by atoms with Crippen molar-refractivity contribution >= 4 is 10.0 Å². The molecule has 1 fully saturated rings. The Balaban J connectivity index is 1.58. The fourth-order valence-corrected chi connectivity index (χ4v) is 4.49. The highest BCUT2D eigenvalue weighted by molar-refractivity contribution is 7.89. The van der Waals surface area contributed by atoms with Gasteiger partial charge in [-0.25, -0.2) is 12.8 Å². The summed E-state index contributed by atoms with van der Waals surface area (Å²) in [5, 5.41) is 13.4. The summed E-state index contributed by atoms with van der Waals surface area (Å²) in [6, 6.07) is 14.2. The number of hydrogen-bond acceptors (Lipinski definition) is 4. The zero-order chi connectivity index (χ0) is 17.9. The molecule has 2 atom stereocenters. The van der Waals surface area contributed by atoms with Gasteiger partial charge in [-0.05, 0) is 42.8 Å². The number of rotatable bonds is 6. The number of aliphatic hydroxyl groups excluding tert-OH is 1. The van der Waals surface area contributed by atoms with Crippen molar-refractivity contribution in [3.8, 4) is 0 Å².